The van der Waals surface area contributed by atoms with E-state index < -0.39 is 0 Å². The molecular weight excluding hydrogens is 86.1 g/mol. The van der Waals surface area contributed by atoms with Crippen molar-refractivity contribution >= 4 is 11.9 Å². The van der Waals surface area contributed by atoms with Crippen LogP contribution in [-0.2, 0) is 4.74 Å². The van der Waals surface area contributed by atoms with Crippen LogP contribution in [0.5, 0.6) is 0 Å². The van der Waals surface area contributed by atoms with Gasteiger partial charge in [0.15, 0.2) is 0 Å². The monoisotopic (exact) mass is 91.0 g/mol. The number of hydrogen-bond acceptors (Lipinski definition) is 3. The van der Waals surface area contributed by atoms with Crippen molar-refractivity contribution in [2.24, 2.45) is 0 Å². The van der Waals surface area contributed by atoms with Gasteiger partial charge >= 0.3 is 0 Å². The van der Waals surface area contributed by atoms with Crippen LogP contribution < -0.4 is 4.72 Å². The van der Waals surface area contributed by atoms with Gasteiger partial charge in [-0.15, -0.1) is 0 Å². The van der Waals surface area contributed by atoms with Crippen molar-refractivity contribution in [3.63, 3.8) is 0 Å². The van der Waals surface area contributed by atoms with Crippen molar-refractivity contribution < 1.29 is 4.74 Å². The molecule has 1 fully saturated rings. The van der Waals surface area contributed by atoms with Crippen LogP contribution >= 0.6 is 11.9 Å². The molecule has 1 aliphatic rings. The predicted molar refractivity (Wildman–Crippen MR) is 21.5 cm³/mol. The smallest absolute Gasteiger partial charge is 0.108 e. The Kier molecular flexibility index (Phi) is 1.14. The molecule has 0 aromatic heterocycles. The Morgan fingerprint density at radius 2 is 2.80 bits per heavy atom. The molecule has 5 heavy (non-hydrogen) atoms. The average molecular weight is 91.1 g/mol. The quantitative estimate of drug-likeness (QED) is 0.429. The zero-order valence-corrected chi connectivity index (χ0v) is 3.55. The van der Waals surface area contributed by atoms with Crippen LogP contribution in [0.3, 0.4) is 0 Å². The van der Waals surface area contributed by atoms with Crippen molar-refractivity contribution in [3.8, 4) is 0 Å². The first kappa shape index (κ1) is 3.46. The number of nitrogens with one attached hydrogen (secondary N) is 1. The van der Waals surface area contributed by atoms with Crippen LogP contribution in [0.4, 0.5) is 0 Å². The summed E-state index contributed by atoms with van der Waals surface area (Å²) >= 11 is 1.60. The third-order valence-electron chi connectivity index (χ3n) is 0.405. The molecule has 0 bridgehead atoms. The lowest BCUT2D eigenvalue weighted by molar-refractivity contribution is 0.201. The summed E-state index contributed by atoms with van der Waals surface area (Å²) in [6.45, 7) is 0.713. The molecule has 30 valence electrons. The van der Waals surface area contributed by atoms with Gasteiger partial charge in [-0.1, -0.05) is 11.9 Å². The van der Waals surface area contributed by atoms with Crippen LogP contribution in [0.15, 0.2) is 0 Å². The Morgan fingerprint density at radius 3 is 3.00 bits per heavy atom. The molecule has 0 radical (unpaired) electrons. The highest BCUT2D eigenvalue weighted by atomic mass is 32.2. The summed E-state index contributed by atoms with van der Waals surface area (Å²) in [6, 6.07) is 0. The molecule has 0 aromatic rings. The molecule has 0 atom stereocenters. The zero-order chi connectivity index (χ0) is 3.54. The van der Waals surface area contributed by atoms with Crippen LogP contribution in [0, 0.1) is 0 Å². The summed E-state index contributed by atoms with van der Waals surface area (Å²) in [6.07, 6.45) is 0. The molecule has 1 saturated heterocycles. The van der Waals surface area contributed by atoms with Crippen molar-refractivity contribution in [1.29, 1.82) is 0 Å². The van der Waals surface area contributed by atoms with E-state index in [1.54, 1.807) is 11.9 Å². The SMILES string of the molecule is C1NSCO1. The Labute approximate surface area is 35.0 Å². The van der Waals surface area contributed by atoms with E-state index in [-0.39, 0.29) is 0 Å². The van der Waals surface area contributed by atoms with Gasteiger partial charge in [-0.25, -0.2) is 4.72 Å². The fourth-order valence-electron chi connectivity index (χ4n) is 0.208. The minimum Gasteiger partial charge on any atom is -0.354 e. The summed E-state index contributed by atoms with van der Waals surface area (Å²) in [7, 11) is 0. The van der Waals surface area contributed by atoms with E-state index in [9.17, 15) is 0 Å². The molecule has 0 aliphatic carbocycles. The minimum absolute atomic E-state index is 0.713. The third-order valence-corrected chi connectivity index (χ3v) is 1.01. The van der Waals surface area contributed by atoms with E-state index in [4.69, 9.17) is 4.74 Å². The molecule has 0 saturated carbocycles. The lowest BCUT2D eigenvalue weighted by Crippen LogP contribution is -1.94. The second-order valence-electron chi connectivity index (χ2n) is 0.755. The number of rotatable bonds is 0. The van der Waals surface area contributed by atoms with Gasteiger partial charge in [-0.3, -0.25) is 0 Å². The summed E-state index contributed by atoms with van der Waals surface area (Å²) in [5.74, 6) is 0.806. The van der Waals surface area contributed by atoms with E-state index in [1.807, 2.05) is 0 Å². The predicted octanol–water partition coefficient (Wildman–Crippen LogP) is 0.169. The largest absolute Gasteiger partial charge is 0.354 e. The fraction of sp³-hybridized carbons (Fsp3) is 1.00. The number of hydrogen-bond donors (Lipinski definition) is 1. The summed E-state index contributed by atoms with van der Waals surface area (Å²) in [5, 5.41) is 0. The Hall–Kier alpha value is 0.270. The van der Waals surface area contributed by atoms with Crippen LogP contribution in [0.1, 0.15) is 0 Å². The Balaban J connectivity index is 2.08. The molecule has 2 nitrogen and oxygen atoms in total. The van der Waals surface area contributed by atoms with Gasteiger partial charge in [0.2, 0.25) is 0 Å². The standard InChI is InChI=1S/C2H5NOS/c1-3-5-2-4-1/h3H,1-2H2. The van der Waals surface area contributed by atoms with Gasteiger partial charge in [0.25, 0.3) is 0 Å². The molecule has 0 aromatic carbocycles. The topological polar surface area (TPSA) is 21.3 Å². The highest BCUT2D eigenvalue weighted by molar-refractivity contribution is 7.97. The Morgan fingerprint density at radius 1 is 1.80 bits per heavy atom. The molecule has 0 unspecified atom stereocenters. The summed E-state index contributed by atoms with van der Waals surface area (Å²) < 4.78 is 7.71. The van der Waals surface area contributed by atoms with Crippen LogP contribution in [0.25, 0.3) is 0 Å². The highest BCUT2D eigenvalue weighted by Gasteiger charge is 1.93. The van der Waals surface area contributed by atoms with Crippen molar-refractivity contribution in [2.75, 3.05) is 12.7 Å². The van der Waals surface area contributed by atoms with Crippen LogP contribution in [-0.4, -0.2) is 12.7 Å². The molecular formula is C2H5NOS. The minimum atomic E-state index is 0.713. The first-order valence-electron chi connectivity index (χ1n) is 1.42. The van der Waals surface area contributed by atoms with Gasteiger partial charge in [0, 0.05) is 0 Å². The van der Waals surface area contributed by atoms with E-state index in [2.05, 4.69) is 4.72 Å². The zero-order valence-electron chi connectivity index (χ0n) is 2.73. The van der Waals surface area contributed by atoms with E-state index in [1.165, 1.54) is 0 Å². The van der Waals surface area contributed by atoms with E-state index >= 15 is 0 Å². The number of ether oxygens (including phenoxy) is 1. The fourth-order valence-corrected chi connectivity index (χ4v) is 0.625. The lowest BCUT2D eigenvalue weighted by Gasteiger charge is -1.74. The van der Waals surface area contributed by atoms with Gasteiger partial charge in [-0.2, -0.15) is 0 Å². The van der Waals surface area contributed by atoms with E-state index in [0.717, 1.165) is 5.94 Å². The third kappa shape index (κ3) is 0.792. The highest BCUT2D eigenvalue weighted by Crippen LogP contribution is 1.98. The second kappa shape index (κ2) is 1.64. The molecule has 1 aliphatic heterocycles. The first-order valence-corrected chi connectivity index (χ1v) is 2.41. The maximum Gasteiger partial charge on any atom is 0.108 e. The normalized spacial score (nSPS) is 24.0. The second-order valence-corrected chi connectivity index (χ2v) is 1.57. The average Bonchev–Trinajstić information content (AvgIpc) is 1.76. The molecule has 1 N–H and O–H groups in total. The van der Waals surface area contributed by atoms with Crippen molar-refractivity contribution in [2.45, 2.75) is 0 Å². The van der Waals surface area contributed by atoms with Crippen molar-refractivity contribution in [3.05, 3.63) is 0 Å². The van der Waals surface area contributed by atoms with Gasteiger partial charge in [0.05, 0.1) is 0 Å². The van der Waals surface area contributed by atoms with Gasteiger partial charge in [-0.05, 0) is 0 Å². The molecule has 3 heteroatoms. The maximum absolute atomic E-state index is 4.80. The molecule has 0 amide bonds. The van der Waals surface area contributed by atoms with Crippen molar-refractivity contribution in [1.82, 2.24) is 4.72 Å². The first-order chi connectivity index (χ1) is 2.50. The molecule has 0 spiro atoms. The Bertz CT molecular complexity index is 21.2. The summed E-state index contributed by atoms with van der Waals surface area (Å²) in [5.41, 5.74) is 0. The van der Waals surface area contributed by atoms with Gasteiger partial charge < -0.3 is 4.74 Å². The summed E-state index contributed by atoms with van der Waals surface area (Å²) in [4.78, 5) is 0. The van der Waals surface area contributed by atoms with E-state index in [0.29, 0.717) is 6.73 Å². The van der Waals surface area contributed by atoms with Crippen LogP contribution in [0.2, 0.25) is 0 Å². The lowest BCUT2D eigenvalue weighted by atomic mass is 11.3. The molecule has 1 rings (SSSR count). The maximum atomic E-state index is 4.80. The van der Waals surface area contributed by atoms with Gasteiger partial charge in [0.1, 0.15) is 12.7 Å². The molecule has 1 heterocycles.